The van der Waals surface area contributed by atoms with Crippen LogP contribution in [0, 0.1) is 6.92 Å². The van der Waals surface area contributed by atoms with E-state index in [4.69, 9.17) is 4.74 Å². The number of nitrogens with zero attached hydrogens (tertiary/aromatic N) is 3. The number of hydrogen-bond donors (Lipinski definition) is 1. The summed E-state index contributed by atoms with van der Waals surface area (Å²) in [6.07, 6.45) is 5.18. The third-order valence-electron chi connectivity index (χ3n) is 3.36. The molecule has 2 heterocycles. The fourth-order valence-corrected chi connectivity index (χ4v) is 2.36. The van der Waals surface area contributed by atoms with Gasteiger partial charge in [0.25, 0.3) is 0 Å². The lowest BCUT2D eigenvalue weighted by molar-refractivity contribution is 0.210. The van der Waals surface area contributed by atoms with Gasteiger partial charge in [-0.3, -0.25) is 0 Å². The van der Waals surface area contributed by atoms with Crippen LogP contribution in [0.4, 0.5) is 11.8 Å². The molecule has 5 nitrogen and oxygen atoms in total. The first-order chi connectivity index (χ1) is 9.29. The molecule has 0 spiro atoms. The molecule has 0 aromatic carbocycles. The molecule has 0 radical (unpaired) electrons. The summed E-state index contributed by atoms with van der Waals surface area (Å²) in [5, 5.41) is 3.21. The van der Waals surface area contributed by atoms with E-state index in [2.05, 4.69) is 26.3 Å². The number of methoxy groups -OCH3 is 1. The van der Waals surface area contributed by atoms with Crippen LogP contribution >= 0.6 is 0 Å². The highest BCUT2D eigenvalue weighted by Gasteiger charge is 2.12. The standard InChI is InChI=1S/C14H24N4O/c1-12-11-13(18-8-5-3-4-6-9-18)17-14(16-12)15-7-10-19-2/h11H,3-10H2,1-2H3,(H,15,16,17). The molecule has 1 fully saturated rings. The van der Waals surface area contributed by atoms with Gasteiger partial charge in [0, 0.05) is 38.5 Å². The van der Waals surface area contributed by atoms with Crippen molar-refractivity contribution in [1.82, 2.24) is 9.97 Å². The minimum atomic E-state index is 0.663. The highest BCUT2D eigenvalue weighted by atomic mass is 16.5. The number of aryl methyl sites for hydroxylation is 1. The van der Waals surface area contributed by atoms with Crippen molar-refractivity contribution in [2.45, 2.75) is 32.6 Å². The van der Waals surface area contributed by atoms with E-state index in [1.807, 2.05) is 6.92 Å². The lowest BCUT2D eigenvalue weighted by Gasteiger charge is -2.22. The molecule has 0 bridgehead atoms. The molecule has 1 N–H and O–H groups in total. The van der Waals surface area contributed by atoms with Crippen molar-refractivity contribution >= 4 is 11.8 Å². The highest BCUT2D eigenvalue weighted by molar-refractivity contribution is 5.44. The second kappa shape index (κ2) is 7.28. The third kappa shape index (κ3) is 4.35. The largest absolute Gasteiger partial charge is 0.383 e. The van der Waals surface area contributed by atoms with E-state index < -0.39 is 0 Å². The Morgan fingerprint density at radius 2 is 1.95 bits per heavy atom. The molecular formula is C14H24N4O. The normalized spacial score (nSPS) is 16.2. The van der Waals surface area contributed by atoms with Crippen molar-refractivity contribution in [1.29, 1.82) is 0 Å². The Morgan fingerprint density at radius 1 is 1.21 bits per heavy atom. The Bertz CT molecular complexity index is 389. The van der Waals surface area contributed by atoms with E-state index in [0.717, 1.165) is 31.1 Å². The van der Waals surface area contributed by atoms with Crippen LogP contribution < -0.4 is 10.2 Å². The molecule has 0 aliphatic carbocycles. The molecule has 0 atom stereocenters. The molecule has 0 saturated carbocycles. The minimum absolute atomic E-state index is 0.663. The Kier molecular flexibility index (Phi) is 5.39. The summed E-state index contributed by atoms with van der Waals surface area (Å²) < 4.78 is 5.03. The van der Waals surface area contributed by atoms with Gasteiger partial charge in [-0.25, -0.2) is 4.98 Å². The molecule has 106 valence electrons. The van der Waals surface area contributed by atoms with E-state index in [0.29, 0.717) is 12.6 Å². The van der Waals surface area contributed by atoms with E-state index in [-0.39, 0.29) is 0 Å². The van der Waals surface area contributed by atoms with Gasteiger partial charge in [0.1, 0.15) is 5.82 Å². The monoisotopic (exact) mass is 264 g/mol. The van der Waals surface area contributed by atoms with Gasteiger partial charge in [0.2, 0.25) is 5.95 Å². The van der Waals surface area contributed by atoms with Crippen LogP contribution in [0.3, 0.4) is 0 Å². The van der Waals surface area contributed by atoms with Crippen molar-refractivity contribution in [3.05, 3.63) is 11.8 Å². The van der Waals surface area contributed by atoms with Crippen LogP contribution in [0.5, 0.6) is 0 Å². The summed E-state index contributed by atoms with van der Waals surface area (Å²) in [6.45, 7) is 5.63. The second-order valence-electron chi connectivity index (χ2n) is 5.01. The first-order valence-electron chi connectivity index (χ1n) is 7.13. The number of hydrogen-bond acceptors (Lipinski definition) is 5. The molecule has 19 heavy (non-hydrogen) atoms. The van der Waals surface area contributed by atoms with Crippen LogP contribution in [0.2, 0.25) is 0 Å². The van der Waals surface area contributed by atoms with E-state index in [1.165, 1.54) is 25.7 Å². The van der Waals surface area contributed by atoms with Crippen LogP contribution in [0.1, 0.15) is 31.4 Å². The number of ether oxygens (including phenoxy) is 1. The summed E-state index contributed by atoms with van der Waals surface area (Å²) >= 11 is 0. The third-order valence-corrected chi connectivity index (χ3v) is 3.36. The lowest BCUT2D eigenvalue weighted by Crippen LogP contribution is -2.25. The van der Waals surface area contributed by atoms with E-state index >= 15 is 0 Å². The van der Waals surface area contributed by atoms with Crippen LogP contribution in [0.15, 0.2) is 6.07 Å². The molecule has 1 aromatic rings. The molecular weight excluding hydrogens is 240 g/mol. The van der Waals surface area contributed by atoms with Gasteiger partial charge < -0.3 is 15.0 Å². The Balaban J connectivity index is 2.06. The maximum absolute atomic E-state index is 5.03. The zero-order valence-electron chi connectivity index (χ0n) is 12.0. The molecule has 1 aliphatic rings. The first kappa shape index (κ1) is 14.1. The first-order valence-corrected chi connectivity index (χ1v) is 7.13. The number of anilines is 2. The van der Waals surface area contributed by atoms with Crippen molar-refractivity contribution in [2.75, 3.05) is 43.6 Å². The van der Waals surface area contributed by atoms with Gasteiger partial charge in [-0.1, -0.05) is 12.8 Å². The molecule has 2 rings (SSSR count). The van der Waals surface area contributed by atoms with Gasteiger partial charge in [0.15, 0.2) is 0 Å². The van der Waals surface area contributed by atoms with Gasteiger partial charge in [-0.05, 0) is 19.8 Å². The zero-order valence-corrected chi connectivity index (χ0v) is 12.0. The summed E-state index contributed by atoms with van der Waals surface area (Å²) in [5.74, 6) is 1.76. The van der Waals surface area contributed by atoms with Crippen molar-refractivity contribution in [3.8, 4) is 0 Å². The summed E-state index contributed by atoms with van der Waals surface area (Å²) in [7, 11) is 1.70. The van der Waals surface area contributed by atoms with Gasteiger partial charge in [0.05, 0.1) is 6.61 Å². The fourth-order valence-electron chi connectivity index (χ4n) is 2.36. The van der Waals surface area contributed by atoms with Crippen molar-refractivity contribution in [2.24, 2.45) is 0 Å². The molecule has 0 unspecified atom stereocenters. The molecule has 0 amide bonds. The Labute approximate surface area is 115 Å². The average Bonchev–Trinajstić information content (AvgIpc) is 2.67. The topological polar surface area (TPSA) is 50.3 Å². The zero-order chi connectivity index (χ0) is 13.5. The predicted octanol–water partition coefficient (Wildman–Crippen LogP) is 2.22. The fraction of sp³-hybridized carbons (Fsp3) is 0.714. The molecule has 1 saturated heterocycles. The van der Waals surface area contributed by atoms with Gasteiger partial charge in [-0.15, -0.1) is 0 Å². The van der Waals surface area contributed by atoms with E-state index in [9.17, 15) is 0 Å². The maximum atomic E-state index is 5.03. The van der Waals surface area contributed by atoms with Crippen LogP contribution in [0.25, 0.3) is 0 Å². The summed E-state index contributed by atoms with van der Waals surface area (Å²) in [4.78, 5) is 11.4. The minimum Gasteiger partial charge on any atom is -0.383 e. The number of aromatic nitrogens is 2. The highest BCUT2D eigenvalue weighted by Crippen LogP contribution is 2.19. The Hall–Kier alpha value is -1.36. The smallest absolute Gasteiger partial charge is 0.224 e. The second-order valence-corrected chi connectivity index (χ2v) is 5.01. The van der Waals surface area contributed by atoms with Crippen molar-refractivity contribution < 1.29 is 4.74 Å². The molecule has 1 aliphatic heterocycles. The molecule has 5 heteroatoms. The average molecular weight is 264 g/mol. The number of nitrogens with one attached hydrogen (secondary N) is 1. The predicted molar refractivity (Wildman–Crippen MR) is 77.8 cm³/mol. The maximum Gasteiger partial charge on any atom is 0.224 e. The SMILES string of the molecule is COCCNc1nc(C)cc(N2CCCCCC2)n1. The van der Waals surface area contributed by atoms with Gasteiger partial charge >= 0.3 is 0 Å². The van der Waals surface area contributed by atoms with Crippen LogP contribution in [-0.4, -0.2) is 43.3 Å². The lowest BCUT2D eigenvalue weighted by atomic mass is 10.2. The van der Waals surface area contributed by atoms with E-state index in [1.54, 1.807) is 7.11 Å². The summed E-state index contributed by atoms with van der Waals surface area (Å²) in [5.41, 5.74) is 1.01. The molecule has 1 aromatic heterocycles. The van der Waals surface area contributed by atoms with Crippen LogP contribution in [-0.2, 0) is 4.74 Å². The number of rotatable bonds is 5. The quantitative estimate of drug-likeness (QED) is 0.826. The Morgan fingerprint density at radius 3 is 2.63 bits per heavy atom. The van der Waals surface area contributed by atoms with Crippen molar-refractivity contribution in [3.63, 3.8) is 0 Å². The summed E-state index contributed by atoms with van der Waals surface area (Å²) in [6, 6.07) is 2.08. The van der Waals surface area contributed by atoms with Gasteiger partial charge in [-0.2, -0.15) is 4.98 Å².